The summed E-state index contributed by atoms with van der Waals surface area (Å²) in [5, 5.41) is 8.91. The van der Waals surface area contributed by atoms with Gasteiger partial charge < -0.3 is 9.64 Å². The molecule has 3 nitrogen and oxygen atoms in total. The Hall–Kier alpha value is -1.60. The van der Waals surface area contributed by atoms with Gasteiger partial charge in [0, 0.05) is 20.2 Å². The van der Waals surface area contributed by atoms with Crippen molar-refractivity contribution >= 4 is 5.69 Å². The maximum atomic E-state index is 13.4. The molecular weight excluding hydrogens is 207 g/mol. The summed E-state index contributed by atoms with van der Waals surface area (Å²) in [4.78, 5) is 1.84. The van der Waals surface area contributed by atoms with Crippen LogP contribution in [0.3, 0.4) is 0 Å². The fourth-order valence-electron chi connectivity index (χ4n) is 1.51. The number of rotatable bonds is 4. The Morgan fingerprint density at radius 1 is 1.56 bits per heavy atom. The highest BCUT2D eigenvalue weighted by Gasteiger charge is 2.15. The van der Waals surface area contributed by atoms with Gasteiger partial charge >= 0.3 is 0 Å². The molecule has 1 unspecified atom stereocenters. The topological polar surface area (TPSA) is 36.3 Å². The van der Waals surface area contributed by atoms with E-state index in [1.807, 2.05) is 24.9 Å². The molecule has 0 radical (unpaired) electrons. The highest BCUT2D eigenvalue weighted by Crippen LogP contribution is 2.22. The van der Waals surface area contributed by atoms with Crippen LogP contribution in [0.5, 0.6) is 0 Å². The van der Waals surface area contributed by atoms with Crippen LogP contribution in [-0.4, -0.2) is 26.8 Å². The number of likely N-dealkylation sites (N-methyl/N-ethyl adjacent to an activating group) is 1. The zero-order chi connectivity index (χ0) is 12.1. The summed E-state index contributed by atoms with van der Waals surface area (Å²) in [6.07, 6.45) is 0. The number of nitriles is 1. The van der Waals surface area contributed by atoms with Crippen molar-refractivity contribution in [3.8, 4) is 6.07 Å². The van der Waals surface area contributed by atoms with Crippen LogP contribution in [0.25, 0.3) is 0 Å². The molecule has 0 saturated heterocycles. The van der Waals surface area contributed by atoms with Crippen LogP contribution in [0.4, 0.5) is 10.1 Å². The van der Waals surface area contributed by atoms with Crippen LogP contribution in [-0.2, 0) is 4.74 Å². The first-order valence-corrected chi connectivity index (χ1v) is 5.02. The normalized spacial score (nSPS) is 11.9. The number of anilines is 1. The van der Waals surface area contributed by atoms with Crippen LogP contribution in [0.15, 0.2) is 18.2 Å². The second kappa shape index (κ2) is 5.47. The first kappa shape index (κ1) is 12.5. The van der Waals surface area contributed by atoms with E-state index in [2.05, 4.69) is 0 Å². The monoisotopic (exact) mass is 222 g/mol. The Morgan fingerprint density at radius 3 is 2.81 bits per heavy atom. The summed E-state index contributed by atoms with van der Waals surface area (Å²) in [6, 6.07) is 6.58. The number of methoxy groups -OCH3 is 1. The average Bonchev–Trinajstić information content (AvgIpc) is 2.28. The number of nitrogens with zero attached hydrogens (tertiary/aromatic N) is 2. The lowest BCUT2D eigenvalue weighted by atomic mass is 10.1. The largest absolute Gasteiger partial charge is 0.383 e. The summed E-state index contributed by atoms with van der Waals surface area (Å²) < 4.78 is 18.4. The quantitative estimate of drug-likeness (QED) is 0.783. The standard InChI is InChI=1S/C12H15FN2O/c1-9(8-16-3)15(2)12-6-4-5-11(13)10(12)7-14/h4-6,9H,8H2,1-3H3. The molecule has 16 heavy (non-hydrogen) atoms. The third-order valence-electron chi connectivity index (χ3n) is 2.55. The molecule has 0 bridgehead atoms. The van der Waals surface area contributed by atoms with Gasteiger partial charge in [0.05, 0.1) is 12.3 Å². The minimum atomic E-state index is -0.489. The van der Waals surface area contributed by atoms with Gasteiger partial charge in [-0.05, 0) is 19.1 Å². The van der Waals surface area contributed by atoms with E-state index in [9.17, 15) is 4.39 Å². The van der Waals surface area contributed by atoms with E-state index in [0.717, 1.165) is 0 Å². The summed E-state index contributed by atoms with van der Waals surface area (Å²) >= 11 is 0. The molecule has 0 N–H and O–H groups in total. The lowest BCUT2D eigenvalue weighted by molar-refractivity contribution is 0.183. The van der Waals surface area contributed by atoms with Crippen molar-refractivity contribution in [1.82, 2.24) is 0 Å². The zero-order valence-corrected chi connectivity index (χ0v) is 9.70. The van der Waals surface area contributed by atoms with Gasteiger partial charge in [0.1, 0.15) is 17.4 Å². The maximum Gasteiger partial charge on any atom is 0.143 e. The Morgan fingerprint density at radius 2 is 2.25 bits per heavy atom. The predicted molar refractivity (Wildman–Crippen MR) is 60.9 cm³/mol. The van der Waals surface area contributed by atoms with Crippen LogP contribution in [0.2, 0.25) is 0 Å². The van der Waals surface area contributed by atoms with Gasteiger partial charge in [-0.15, -0.1) is 0 Å². The van der Waals surface area contributed by atoms with Gasteiger partial charge in [0.2, 0.25) is 0 Å². The summed E-state index contributed by atoms with van der Waals surface area (Å²) in [5.41, 5.74) is 0.667. The van der Waals surface area contributed by atoms with Crippen LogP contribution in [0, 0.1) is 17.1 Å². The van der Waals surface area contributed by atoms with Crippen molar-refractivity contribution in [3.63, 3.8) is 0 Å². The SMILES string of the molecule is COCC(C)N(C)c1cccc(F)c1C#N. The molecule has 0 aliphatic heterocycles. The molecule has 1 aromatic carbocycles. The molecule has 0 aliphatic rings. The second-order valence-corrected chi connectivity index (χ2v) is 3.66. The minimum absolute atomic E-state index is 0.0768. The number of benzene rings is 1. The fraction of sp³-hybridized carbons (Fsp3) is 0.417. The maximum absolute atomic E-state index is 13.4. The smallest absolute Gasteiger partial charge is 0.143 e. The molecule has 0 amide bonds. The van der Waals surface area contributed by atoms with Gasteiger partial charge in [0.25, 0.3) is 0 Å². The van der Waals surface area contributed by atoms with Crippen LogP contribution >= 0.6 is 0 Å². The second-order valence-electron chi connectivity index (χ2n) is 3.66. The number of halogens is 1. The molecule has 1 aromatic rings. The van der Waals surface area contributed by atoms with Crippen molar-refractivity contribution < 1.29 is 9.13 Å². The molecule has 86 valence electrons. The third-order valence-corrected chi connectivity index (χ3v) is 2.55. The van der Waals surface area contributed by atoms with E-state index >= 15 is 0 Å². The fourth-order valence-corrected chi connectivity index (χ4v) is 1.51. The van der Waals surface area contributed by atoms with Gasteiger partial charge in [-0.2, -0.15) is 5.26 Å². The first-order valence-electron chi connectivity index (χ1n) is 5.02. The molecular formula is C12H15FN2O. The summed E-state index contributed by atoms with van der Waals surface area (Å²) in [5.74, 6) is -0.489. The highest BCUT2D eigenvalue weighted by atomic mass is 19.1. The molecule has 0 spiro atoms. The van der Waals surface area contributed by atoms with E-state index in [-0.39, 0.29) is 11.6 Å². The van der Waals surface area contributed by atoms with E-state index < -0.39 is 5.82 Å². The molecule has 1 rings (SSSR count). The van der Waals surface area contributed by atoms with Crippen LogP contribution < -0.4 is 4.90 Å². The lowest BCUT2D eigenvalue weighted by Crippen LogP contribution is -2.33. The highest BCUT2D eigenvalue weighted by molar-refractivity contribution is 5.59. The molecule has 0 aliphatic carbocycles. The first-order chi connectivity index (χ1) is 7.61. The van der Waals surface area contributed by atoms with E-state index in [0.29, 0.717) is 12.3 Å². The molecule has 0 aromatic heterocycles. The minimum Gasteiger partial charge on any atom is -0.383 e. The van der Waals surface area contributed by atoms with Crippen molar-refractivity contribution in [3.05, 3.63) is 29.6 Å². The van der Waals surface area contributed by atoms with E-state index in [1.54, 1.807) is 19.2 Å². The molecule has 0 saturated carbocycles. The molecule has 1 atom stereocenters. The van der Waals surface area contributed by atoms with E-state index in [4.69, 9.17) is 10.00 Å². The predicted octanol–water partition coefficient (Wildman–Crippen LogP) is 2.17. The van der Waals surface area contributed by atoms with Gasteiger partial charge in [-0.3, -0.25) is 0 Å². The average molecular weight is 222 g/mol. The van der Waals surface area contributed by atoms with Crippen molar-refractivity contribution in [2.45, 2.75) is 13.0 Å². The summed E-state index contributed by atoms with van der Waals surface area (Å²) in [6.45, 7) is 2.48. The molecule has 4 heteroatoms. The van der Waals surface area contributed by atoms with E-state index in [1.165, 1.54) is 6.07 Å². The third kappa shape index (κ3) is 2.50. The Labute approximate surface area is 95.1 Å². The van der Waals surface area contributed by atoms with Crippen LogP contribution in [0.1, 0.15) is 12.5 Å². The number of hydrogen-bond donors (Lipinski definition) is 0. The molecule has 0 fully saturated rings. The van der Waals surface area contributed by atoms with Gasteiger partial charge in [-0.1, -0.05) is 6.07 Å². The zero-order valence-electron chi connectivity index (χ0n) is 9.70. The van der Waals surface area contributed by atoms with Gasteiger partial charge in [0.15, 0.2) is 0 Å². The lowest BCUT2D eigenvalue weighted by Gasteiger charge is -2.27. The van der Waals surface area contributed by atoms with Crippen molar-refractivity contribution in [1.29, 1.82) is 5.26 Å². The Balaban J connectivity index is 3.04. The van der Waals surface area contributed by atoms with Crippen molar-refractivity contribution in [2.75, 3.05) is 25.7 Å². The number of ether oxygens (including phenoxy) is 1. The Kier molecular flexibility index (Phi) is 4.27. The Bertz CT molecular complexity index is 400. The van der Waals surface area contributed by atoms with Gasteiger partial charge in [-0.25, -0.2) is 4.39 Å². The summed E-state index contributed by atoms with van der Waals surface area (Å²) in [7, 11) is 3.43. The molecule has 0 heterocycles. The van der Waals surface area contributed by atoms with Crippen molar-refractivity contribution in [2.24, 2.45) is 0 Å². The number of hydrogen-bond acceptors (Lipinski definition) is 3.